The first-order valence-corrected chi connectivity index (χ1v) is 11.6. The molecule has 32 heavy (non-hydrogen) atoms. The third-order valence-corrected chi connectivity index (χ3v) is 6.87. The number of nitrogens with zero attached hydrogens (tertiary/aromatic N) is 1. The first kappa shape index (κ1) is 23.4. The Balaban J connectivity index is 1.44. The van der Waals surface area contributed by atoms with Gasteiger partial charge < -0.3 is 0 Å². The molecule has 1 aliphatic rings. The third kappa shape index (κ3) is 6.11. The lowest BCUT2D eigenvalue weighted by molar-refractivity contribution is -0.385. The summed E-state index contributed by atoms with van der Waals surface area (Å²) in [5.74, 6) is -0.893. The van der Waals surface area contributed by atoms with Gasteiger partial charge in [-0.1, -0.05) is 24.3 Å². The molecule has 3 rings (SSSR count). The molecule has 0 unspecified atom stereocenters. The molecule has 1 saturated carbocycles. The van der Waals surface area contributed by atoms with Crippen molar-refractivity contribution >= 4 is 27.5 Å². The van der Waals surface area contributed by atoms with Crippen LogP contribution < -0.4 is 15.6 Å². The highest BCUT2D eigenvalue weighted by Crippen LogP contribution is 2.29. The molecule has 1 aliphatic carbocycles. The lowest BCUT2D eigenvalue weighted by Crippen LogP contribution is -2.45. The number of nitro benzene ring substituents is 1. The van der Waals surface area contributed by atoms with Gasteiger partial charge in [0, 0.05) is 30.2 Å². The van der Waals surface area contributed by atoms with E-state index in [4.69, 9.17) is 0 Å². The molecular weight excluding hydrogens is 436 g/mol. The van der Waals surface area contributed by atoms with E-state index < -0.39 is 20.9 Å². The van der Waals surface area contributed by atoms with E-state index in [-0.39, 0.29) is 34.9 Å². The normalized spacial score (nSPS) is 18.5. The van der Waals surface area contributed by atoms with Gasteiger partial charge in [0.05, 0.1) is 9.82 Å². The van der Waals surface area contributed by atoms with Crippen LogP contribution in [-0.2, 0) is 14.8 Å². The number of benzene rings is 2. The third-order valence-electron chi connectivity index (χ3n) is 5.45. The van der Waals surface area contributed by atoms with Crippen LogP contribution in [-0.4, -0.2) is 31.7 Å². The number of sulfonamides is 1. The van der Waals surface area contributed by atoms with Crippen LogP contribution in [0, 0.1) is 22.0 Å². The molecule has 0 bridgehead atoms. The molecule has 0 heterocycles. The van der Waals surface area contributed by atoms with Gasteiger partial charge in [0.25, 0.3) is 11.6 Å². The van der Waals surface area contributed by atoms with Crippen molar-refractivity contribution in [1.82, 2.24) is 15.6 Å². The molecule has 0 aliphatic heterocycles. The molecule has 0 spiro atoms. The monoisotopic (exact) mass is 460 g/mol. The Morgan fingerprint density at radius 2 is 1.66 bits per heavy atom. The van der Waals surface area contributed by atoms with Crippen LogP contribution in [0.25, 0.3) is 0 Å². The second kappa shape index (κ2) is 10.3. The Bertz CT molecular complexity index is 1080. The van der Waals surface area contributed by atoms with Crippen LogP contribution in [0.5, 0.6) is 0 Å². The number of carbonyl (C=O) groups excluding carboxylic acids is 2. The Kier molecular flexibility index (Phi) is 7.54. The smallest absolute Gasteiger partial charge is 0.270 e. The second-order valence-electron chi connectivity index (χ2n) is 7.63. The average Bonchev–Trinajstić information content (AvgIpc) is 2.82. The number of carbonyl (C=O) groups is 2. The molecule has 0 saturated heterocycles. The minimum Gasteiger partial charge on any atom is -0.273 e. The van der Waals surface area contributed by atoms with E-state index in [0.717, 1.165) is 6.07 Å². The number of nitro groups is 1. The van der Waals surface area contributed by atoms with Gasteiger partial charge in [-0.25, -0.2) is 13.1 Å². The number of rotatable bonds is 7. The van der Waals surface area contributed by atoms with Gasteiger partial charge in [-0.05, 0) is 49.8 Å². The van der Waals surface area contributed by atoms with Crippen molar-refractivity contribution in [3.8, 4) is 0 Å². The van der Waals surface area contributed by atoms with Crippen molar-refractivity contribution in [2.24, 2.45) is 11.8 Å². The Morgan fingerprint density at radius 1 is 0.969 bits per heavy atom. The van der Waals surface area contributed by atoms with Gasteiger partial charge in [0.2, 0.25) is 15.9 Å². The zero-order chi connectivity index (χ0) is 23.1. The first-order chi connectivity index (χ1) is 15.3. The maximum absolute atomic E-state index is 12.5. The molecule has 2 aromatic rings. The highest BCUT2D eigenvalue weighted by molar-refractivity contribution is 7.89. The van der Waals surface area contributed by atoms with E-state index in [2.05, 4.69) is 15.6 Å². The number of non-ortho nitro benzene ring substituents is 1. The molecule has 1 fully saturated rings. The quantitative estimate of drug-likeness (QED) is 0.426. The van der Waals surface area contributed by atoms with Crippen molar-refractivity contribution in [2.45, 2.75) is 30.6 Å². The van der Waals surface area contributed by atoms with Crippen LogP contribution in [0.4, 0.5) is 5.69 Å². The first-order valence-electron chi connectivity index (χ1n) is 10.2. The molecule has 10 nitrogen and oxygen atoms in total. The van der Waals surface area contributed by atoms with Crippen molar-refractivity contribution in [3.63, 3.8) is 0 Å². The van der Waals surface area contributed by atoms with E-state index >= 15 is 0 Å². The average molecular weight is 461 g/mol. The molecule has 11 heteroatoms. The van der Waals surface area contributed by atoms with E-state index in [1.165, 1.54) is 18.2 Å². The molecular formula is C21H24N4O6S. The summed E-state index contributed by atoms with van der Waals surface area (Å²) >= 11 is 0. The number of hydrogen-bond acceptors (Lipinski definition) is 6. The summed E-state index contributed by atoms with van der Waals surface area (Å²) < 4.78 is 27.4. The predicted molar refractivity (Wildman–Crippen MR) is 116 cm³/mol. The molecule has 2 amide bonds. The van der Waals surface area contributed by atoms with Crippen LogP contribution in [0.1, 0.15) is 36.0 Å². The summed E-state index contributed by atoms with van der Waals surface area (Å²) in [4.78, 5) is 34.4. The van der Waals surface area contributed by atoms with Gasteiger partial charge in [0.1, 0.15) is 0 Å². The maximum Gasteiger partial charge on any atom is 0.270 e. The fourth-order valence-corrected chi connectivity index (χ4v) is 4.74. The summed E-state index contributed by atoms with van der Waals surface area (Å²) in [6.07, 6.45) is 2.41. The van der Waals surface area contributed by atoms with Crippen LogP contribution >= 0.6 is 0 Å². The van der Waals surface area contributed by atoms with Gasteiger partial charge in [0.15, 0.2) is 0 Å². The number of amides is 2. The lowest BCUT2D eigenvalue weighted by Gasteiger charge is -2.27. The summed E-state index contributed by atoms with van der Waals surface area (Å²) in [5.41, 5.74) is 5.00. The van der Waals surface area contributed by atoms with Crippen molar-refractivity contribution < 1.29 is 22.9 Å². The molecule has 2 aromatic carbocycles. The van der Waals surface area contributed by atoms with Crippen LogP contribution in [0.3, 0.4) is 0 Å². The van der Waals surface area contributed by atoms with Crippen molar-refractivity contribution in [2.75, 3.05) is 6.54 Å². The molecule has 0 atom stereocenters. The number of nitrogens with one attached hydrogen (secondary N) is 3. The summed E-state index contributed by atoms with van der Waals surface area (Å²) in [6.45, 7) is 0.185. The van der Waals surface area contributed by atoms with Crippen molar-refractivity contribution in [3.05, 3.63) is 70.3 Å². The SMILES string of the molecule is O=C(NNC(=O)C1CCC(CNS(=O)(=O)c2cccc([N+](=O)[O-])c2)CC1)c1ccccc1. The standard InChI is InChI=1S/C21H24N4O6S/c26-20(16-5-2-1-3-6-16)23-24-21(27)17-11-9-15(10-12-17)14-22-32(30,31)19-8-4-7-18(13-19)25(28)29/h1-8,13,15,17,22H,9-12,14H2,(H,23,26)(H,24,27). The van der Waals surface area contributed by atoms with E-state index in [9.17, 15) is 28.1 Å². The number of hydrazine groups is 1. The summed E-state index contributed by atoms with van der Waals surface area (Å²) in [7, 11) is -3.87. The Labute approximate surface area is 185 Å². The molecule has 0 aromatic heterocycles. The zero-order valence-corrected chi connectivity index (χ0v) is 18.0. The van der Waals surface area contributed by atoms with E-state index in [1.807, 2.05) is 0 Å². The minimum atomic E-state index is -3.87. The highest BCUT2D eigenvalue weighted by atomic mass is 32.2. The van der Waals surface area contributed by atoms with Gasteiger partial charge in [-0.15, -0.1) is 0 Å². The highest BCUT2D eigenvalue weighted by Gasteiger charge is 2.28. The van der Waals surface area contributed by atoms with Crippen LogP contribution in [0.15, 0.2) is 59.5 Å². The number of hydrogen-bond donors (Lipinski definition) is 3. The fourth-order valence-electron chi connectivity index (χ4n) is 3.59. The summed E-state index contributed by atoms with van der Waals surface area (Å²) in [6, 6.07) is 13.4. The molecule has 3 N–H and O–H groups in total. The molecule has 170 valence electrons. The second-order valence-corrected chi connectivity index (χ2v) is 9.40. The summed E-state index contributed by atoms with van der Waals surface area (Å²) in [5, 5.41) is 10.9. The lowest BCUT2D eigenvalue weighted by atomic mass is 9.82. The zero-order valence-electron chi connectivity index (χ0n) is 17.2. The Morgan fingerprint density at radius 3 is 2.31 bits per heavy atom. The largest absolute Gasteiger partial charge is 0.273 e. The van der Waals surface area contributed by atoms with Gasteiger partial charge >= 0.3 is 0 Å². The minimum absolute atomic E-state index is 0.0476. The van der Waals surface area contributed by atoms with Gasteiger partial charge in [-0.2, -0.15) is 0 Å². The topological polar surface area (TPSA) is 148 Å². The van der Waals surface area contributed by atoms with E-state index in [0.29, 0.717) is 31.2 Å². The van der Waals surface area contributed by atoms with E-state index in [1.54, 1.807) is 30.3 Å². The molecule has 0 radical (unpaired) electrons. The maximum atomic E-state index is 12.5. The Hall–Kier alpha value is -3.31. The van der Waals surface area contributed by atoms with Crippen molar-refractivity contribution in [1.29, 1.82) is 0 Å². The van der Waals surface area contributed by atoms with Crippen LogP contribution in [0.2, 0.25) is 0 Å². The van der Waals surface area contributed by atoms with Gasteiger partial charge in [-0.3, -0.25) is 30.6 Å². The predicted octanol–water partition coefficient (Wildman–Crippen LogP) is 2.14. The fraction of sp³-hybridized carbons (Fsp3) is 0.333.